The van der Waals surface area contributed by atoms with Crippen LogP contribution in [-0.4, -0.2) is 83.8 Å². The van der Waals surface area contributed by atoms with Crippen molar-refractivity contribution in [2.24, 2.45) is 0 Å². The van der Waals surface area contributed by atoms with E-state index in [2.05, 4.69) is 54.3 Å². The Balaban J connectivity index is 1.19. The number of aromatic nitrogens is 8. The summed E-state index contributed by atoms with van der Waals surface area (Å²) in [5.74, 6) is 2.10. The predicted molar refractivity (Wildman–Crippen MR) is 195 cm³/mol. The van der Waals surface area contributed by atoms with Crippen LogP contribution < -0.4 is 10.5 Å². The molecule has 1 aliphatic carbocycles. The number of nitrogens with zero attached hydrogens (tertiary/aromatic N) is 10. The van der Waals surface area contributed by atoms with Gasteiger partial charge in [0, 0.05) is 42.0 Å². The van der Waals surface area contributed by atoms with Gasteiger partial charge in [-0.2, -0.15) is 15.3 Å². The molecule has 0 radical (unpaired) electrons. The summed E-state index contributed by atoms with van der Waals surface area (Å²) in [5.41, 5.74) is 10.2. The number of nitrogens with two attached hydrogens (primary N) is 1. The van der Waals surface area contributed by atoms with Crippen LogP contribution in [0.25, 0.3) is 28.7 Å². The Morgan fingerprint density at radius 1 is 1.19 bits per heavy atom. The molecule has 0 aromatic carbocycles. The SMILES string of the molecule is CCCc1c(-c2nc(O[C@@H](C)[C@@H]3CCCN3C)cc(-n3ccc(-c4cn(C5CCOCC5)nn4)n3)n2)noc1[C@@]1(C)CCCc2sc(N)c(C#N)c21. The summed E-state index contributed by atoms with van der Waals surface area (Å²) < 4.78 is 22.1. The van der Waals surface area contributed by atoms with Crippen LogP contribution in [0.5, 0.6) is 5.88 Å². The Labute approximate surface area is 306 Å². The zero-order valence-electron chi connectivity index (χ0n) is 30.2. The number of hydrogen-bond acceptors (Lipinski definition) is 13. The molecule has 0 unspecified atom stereocenters. The highest BCUT2D eigenvalue weighted by molar-refractivity contribution is 7.16. The lowest BCUT2D eigenvalue weighted by Crippen LogP contribution is -2.38. The summed E-state index contributed by atoms with van der Waals surface area (Å²) in [5, 5.41) is 29.1. The summed E-state index contributed by atoms with van der Waals surface area (Å²) in [6.07, 6.45) is 11.9. The quantitative estimate of drug-likeness (QED) is 0.181. The zero-order chi connectivity index (χ0) is 36.0. The first-order valence-corrected chi connectivity index (χ1v) is 19.2. The van der Waals surface area contributed by atoms with E-state index in [1.807, 2.05) is 29.2 Å². The maximum absolute atomic E-state index is 10.1. The van der Waals surface area contributed by atoms with Crippen molar-refractivity contribution in [1.29, 1.82) is 5.26 Å². The van der Waals surface area contributed by atoms with E-state index in [0.29, 0.717) is 51.6 Å². The van der Waals surface area contributed by atoms with E-state index in [9.17, 15) is 5.26 Å². The van der Waals surface area contributed by atoms with Gasteiger partial charge < -0.3 is 19.7 Å². The second-order valence-electron chi connectivity index (χ2n) is 14.5. The van der Waals surface area contributed by atoms with Crippen molar-refractivity contribution in [3.05, 3.63) is 51.9 Å². The highest BCUT2D eigenvalue weighted by Crippen LogP contribution is 2.50. The van der Waals surface area contributed by atoms with E-state index in [4.69, 9.17) is 34.8 Å². The molecular formula is C37H45N11O3S. The van der Waals surface area contributed by atoms with Crippen molar-refractivity contribution in [1.82, 2.24) is 44.8 Å². The molecule has 3 atom stereocenters. The molecule has 2 N–H and O–H groups in total. The monoisotopic (exact) mass is 723 g/mol. The predicted octanol–water partition coefficient (Wildman–Crippen LogP) is 5.90. The lowest BCUT2D eigenvalue weighted by molar-refractivity contribution is 0.0657. The van der Waals surface area contributed by atoms with Gasteiger partial charge in [-0.3, -0.25) is 4.90 Å². The molecule has 7 heterocycles. The van der Waals surface area contributed by atoms with Crippen molar-refractivity contribution in [3.63, 3.8) is 0 Å². The molecule has 14 nitrogen and oxygen atoms in total. The van der Waals surface area contributed by atoms with E-state index in [1.165, 1.54) is 11.3 Å². The van der Waals surface area contributed by atoms with Crippen LogP contribution in [0.3, 0.4) is 0 Å². The smallest absolute Gasteiger partial charge is 0.219 e. The first-order chi connectivity index (χ1) is 25.3. The van der Waals surface area contributed by atoms with E-state index in [0.717, 1.165) is 92.9 Å². The number of nitrogen functional groups attached to an aromatic ring is 1. The highest BCUT2D eigenvalue weighted by atomic mass is 32.1. The molecule has 0 spiro atoms. The lowest BCUT2D eigenvalue weighted by atomic mass is 9.69. The molecular weight excluding hydrogens is 679 g/mol. The van der Waals surface area contributed by atoms with Crippen molar-refractivity contribution < 1.29 is 14.0 Å². The number of fused-ring (bicyclic) bond motifs is 1. The van der Waals surface area contributed by atoms with Crippen LogP contribution >= 0.6 is 11.3 Å². The molecule has 8 rings (SSSR count). The third-order valence-corrected chi connectivity index (χ3v) is 12.1. The van der Waals surface area contributed by atoms with Gasteiger partial charge in [-0.15, -0.1) is 16.4 Å². The molecule has 2 aliphatic heterocycles. The molecule has 2 fully saturated rings. The summed E-state index contributed by atoms with van der Waals surface area (Å²) in [6.45, 7) is 8.87. The van der Waals surface area contributed by atoms with Crippen molar-refractivity contribution in [2.45, 2.75) is 102 Å². The maximum atomic E-state index is 10.1. The van der Waals surface area contributed by atoms with Gasteiger partial charge in [-0.25, -0.2) is 14.3 Å². The minimum atomic E-state index is -0.569. The Morgan fingerprint density at radius 2 is 2.04 bits per heavy atom. The molecule has 0 amide bonds. The van der Waals surface area contributed by atoms with Gasteiger partial charge >= 0.3 is 0 Å². The van der Waals surface area contributed by atoms with Gasteiger partial charge in [-0.1, -0.05) is 23.7 Å². The van der Waals surface area contributed by atoms with Crippen LogP contribution in [0, 0.1) is 11.3 Å². The number of hydrogen-bond donors (Lipinski definition) is 1. The number of likely N-dealkylation sites (tertiary alicyclic amines) is 1. The average Bonchev–Trinajstić information content (AvgIpc) is 3.99. The van der Waals surface area contributed by atoms with Crippen LogP contribution in [-0.2, 0) is 23.0 Å². The molecule has 3 aliphatic rings. The molecule has 52 heavy (non-hydrogen) atoms. The number of thiophene rings is 1. The van der Waals surface area contributed by atoms with Crippen molar-refractivity contribution in [3.8, 4) is 40.7 Å². The molecule has 0 bridgehead atoms. The number of nitriles is 1. The fourth-order valence-corrected chi connectivity index (χ4v) is 9.52. The van der Waals surface area contributed by atoms with Gasteiger partial charge in [0.1, 0.15) is 28.6 Å². The molecule has 5 aromatic rings. The Morgan fingerprint density at radius 3 is 2.81 bits per heavy atom. The van der Waals surface area contributed by atoms with E-state index in [1.54, 1.807) is 4.68 Å². The Kier molecular flexibility index (Phi) is 9.31. The molecule has 272 valence electrons. The Hall–Kier alpha value is -4.65. The van der Waals surface area contributed by atoms with Crippen LogP contribution in [0.15, 0.2) is 29.0 Å². The molecule has 15 heteroatoms. The van der Waals surface area contributed by atoms with E-state index < -0.39 is 5.41 Å². The van der Waals surface area contributed by atoms with Crippen molar-refractivity contribution in [2.75, 3.05) is 32.5 Å². The fraction of sp³-hybridized carbons (Fsp3) is 0.541. The first kappa shape index (κ1) is 34.4. The largest absolute Gasteiger partial charge is 0.473 e. The van der Waals surface area contributed by atoms with Gasteiger partial charge in [0.15, 0.2) is 23.1 Å². The standard InChI is InChI=1S/C37H45N11O3S/c1-5-8-24-33(44-51-34(24)37(3)14-6-10-29-32(37)25(20-38)35(39)52-29)36-40-30(19-31(41-36)50-22(2)28-9-7-15-46(28)4)47-16-11-26(43-47)27-21-48(45-42-27)23-12-17-49-18-13-23/h11,16,19,21-23,28H,5-10,12-15,17-18,39H2,1-4H3/t22-,28-,37-/m0/s1. The summed E-state index contributed by atoms with van der Waals surface area (Å²) in [4.78, 5) is 13.5. The second kappa shape index (κ2) is 14.1. The molecule has 5 aromatic heterocycles. The number of anilines is 1. The van der Waals surface area contributed by atoms with Gasteiger partial charge in [0.05, 0.1) is 23.2 Å². The molecule has 2 saturated heterocycles. The van der Waals surface area contributed by atoms with Gasteiger partial charge in [0.25, 0.3) is 0 Å². The first-order valence-electron chi connectivity index (χ1n) is 18.4. The van der Waals surface area contributed by atoms with Crippen LogP contribution in [0.4, 0.5) is 5.00 Å². The highest BCUT2D eigenvalue weighted by Gasteiger charge is 2.44. The summed E-state index contributed by atoms with van der Waals surface area (Å²) in [7, 11) is 2.14. The van der Waals surface area contributed by atoms with Crippen LogP contribution in [0.2, 0.25) is 0 Å². The van der Waals surface area contributed by atoms with Crippen LogP contribution in [0.1, 0.15) is 99.1 Å². The summed E-state index contributed by atoms with van der Waals surface area (Å²) >= 11 is 1.51. The van der Waals surface area contributed by atoms with E-state index >= 15 is 0 Å². The third kappa shape index (κ3) is 6.16. The summed E-state index contributed by atoms with van der Waals surface area (Å²) in [6, 6.07) is 6.66. The minimum absolute atomic E-state index is 0.104. The van der Waals surface area contributed by atoms with Gasteiger partial charge in [-0.05, 0) is 90.4 Å². The lowest BCUT2D eigenvalue weighted by Gasteiger charge is -2.33. The minimum Gasteiger partial charge on any atom is -0.473 e. The number of rotatable bonds is 10. The topological polar surface area (TPSA) is 172 Å². The Bertz CT molecular complexity index is 2100. The maximum Gasteiger partial charge on any atom is 0.219 e. The normalized spacial score (nSPS) is 21.6. The number of likely N-dealkylation sites (N-methyl/N-ethyl adjacent to an activating group) is 1. The second-order valence-corrected chi connectivity index (χ2v) is 15.6. The number of aryl methyl sites for hydroxylation is 1. The zero-order valence-corrected chi connectivity index (χ0v) is 31.0. The average molecular weight is 724 g/mol. The van der Waals surface area contributed by atoms with Crippen molar-refractivity contribution >= 4 is 16.3 Å². The van der Waals surface area contributed by atoms with E-state index in [-0.39, 0.29) is 18.2 Å². The third-order valence-electron chi connectivity index (χ3n) is 11.0. The number of ether oxygens (including phenoxy) is 2. The fourth-order valence-electron chi connectivity index (χ4n) is 8.33. The van der Waals surface area contributed by atoms with Gasteiger partial charge in [0.2, 0.25) is 5.88 Å². The molecule has 0 saturated carbocycles.